The summed E-state index contributed by atoms with van der Waals surface area (Å²) in [6.07, 6.45) is 10.5. The molecule has 1 aromatic carbocycles. The van der Waals surface area contributed by atoms with Gasteiger partial charge in [0.05, 0.1) is 0 Å². The first kappa shape index (κ1) is 12.0. The van der Waals surface area contributed by atoms with Crippen LogP contribution in [0.2, 0.25) is 0 Å². The molecule has 0 heterocycles. The number of aryl methyl sites for hydroxylation is 1. The molecule has 0 bridgehead atoms. The van der Waals surface area contributed by atoms with E-state index in [0.717, 1.165) is 25.8 Å². The van der Waals surface area contributed by atoms with Crippen molar-refractivity contribution in [3.8, 4) is 18.1 Å². The molecule has 1 aromatic rings. The van der Waals surface area contributed by atoms with Gasteiger partial charge in [-0.05, 0) is 55.5 Å². The summed E-state index contributed by atoms with van der Waals surface area (Å²) >= 11 is 0. The summed E-state index contributed by atoms with van der Waals surface area (Å²) in [4.78, 5) is 0. The highest BCUT2D eigenvalue weighted by atomic mass is 16.3. The van der Waals surface area contributed by atoms with Crippen molar-refractivity contribution in [2.45, 2.75) is 38.1 Å². The molecule has 1 aliphatic carbocycles. The van der Waals surface area contributed by atoms with Crippen LogP contribution in [-0.4, -0.2) is 11.7 Å². The predicted octanol–water partition coefficient (Wildman–Crippen LogP) is 2.77. The zero-order chi connectivity index (χ0) is 12.1. The Hall–Kier alpha value is -1.46. The summed E-state index contributed by atoms with van der Waals surface area (Å²) in [5.74, 6) is 3.03. The van der Waals surface area contributed by atoms with E-state index < -0.39 is 0 Å². The molecule has 90 valence electrons. The highest BCUT2D eigenvalue weighted by molar-refractivity contribution is 5.38. The van der Waals surface area contributed by atoms with Crippen molar-refractivity contribution < 1.29 is 5.11 Å². The molecule has 0 amide bonds. The van der Waals surface area contributed by atoms with Gasteiger partial charge in [-0.2, -0.15) is 0 Å². The van der Waals surface area contributed by atoms with Gasteiger partial charge in [0.15, 0.2) is 0 Å². The highest BCUT2D eigenvalue weighted by Crippen LogP contribution is 2.31. The molecular formula is C15H19NO. The van der Waals surface area contributed by atoms with Gasteiger partial charge in [0.25, 0.3) is 0 Å². The lowest BCUT2D eigenvalue weighted by Crippen LogP contribution is -2.26. The van der Waals surface area contributed by atoms with Gasteiger partial charge in [0.2, 0.25) is 0 Å². The zero-order valence-electron chi connectivity index (χ0n) is 10.1. The summed E-state index contributed by atoms with van der Waals surface area (Å²) in [5.41, 5.74) is 2.63. The fraction of sp³-hybridized carbons (Fsp3) is 0.467. The molecule has 2 nitrogen and oxygen atoms in total. The molecule has 0 saturated carbocycles. The lowest BCUT2D eigenvalue weighted by Gasteiger charge is -2.26. The summed E-state index contributed by atoms with van der Waals surface area (Å²) in [5, 5.41) is 13.0. The minimum absolute atomic E-state index is 0.372. The standard InChI is InChI=1S/C15H19NO/c1-2-3-4-10-16-15-7-5-6-12-11-13(17)8-9-14(12)15/h1,8-9,11,15-17H,3-7,10H2. The van der Waals surface area contributed by atoms with E-state index in [2.05, 4.69) is 11.2 Å². The van der Waals surface area contributed by atoms with Gasteiger partial charge < -0.3 is 10.4 Å². The number of rotatable bonds is 4. The molecule has 0 fully saturated rings. The van der Waals surface area contributed by atoms with Crippen LogP contribution in [0.4, 0.5) is 0 Å². The zero-order valence-corrected chi connectivity index (χ0v) is 10.1. The number of aromatic hydroxyl groups is 1. The first-order valence-electron chi connectivity index (χ1n) is 6.30. The second-order valence-corrected chi connectivity index (χ2v) is 4.59. The summed E-state index contributed by atoms with van der Waals surface area (Å²) in [7, 11) is 0. The largest absolute Gasteiger partial charge is 0.508 e. The molecule has 17 heavy (non-hydrogen) atoms. The third kappa shape index (κ3) is 3.01. The van der Waals surface area contributed by atoms with Crippen molar-refractivity contribution in [2.75, 3.05) is 6.54 Å². The Morgan fingerprint density at radius 2 is 2.35 bits per heavy atom. The Labute approximate surface area is 103 Å². The molecule has 0 aliphatic heterocycles. The number of fused-ring (bicyclic) bond motifs is 1. The Bertz CT molecular complexity index is 419. The van der Waals surface area contributed by atoms with Crippen LogP contribution in [0, 0.1) is 12.3 Å². The Morgan fingerprint density at radius 3 is 3.18 bits per heavy atom. The monoisotopic (exact) mass is 229 g/mol. The van der Waals surface area contributed by atoms with Crippen LogP contribution >= 0.6 is 0 Å². The molecule has 0 saturated heterocycles. The van der Waals surface area contributed by atoms with E-state index in [0.29, 0.717) is 11.8 Å². The average Bonchev–Trinajstić information content (AvgIpc) is 2.34. The average molecular weight is 229 g/mol. The number of phenolic OH excluding ortho intramolecular Hbond substituents is 1. The predicted molar refractivity (Wildman–Crippen MR) is 69.9 cm³/mol. The molecule has 0 radical (unpaired) electrons. The third-order valence-corrected chi connectivity index (χ3v) is 3.33. The van der Waals surface area contributed by atoms with E-state index >= 15 is 0 Å². The number of hydrogen-bond donors (Lipinski definition) is 2. The number of benzene rings is 1. The van der Waals surface area contributed by atoms with E-state index in [-0.39, 0.29) is 0 Å². The third-order valence-electron chi connectivity index (χ3n) is 3.33. The van der Waals surface area contributed by atoms with Gasteiger partial charge in [-0.15, -0.1) is 12.3 Å². The van der Waals surface area contributed by atoms with Crippen molar-refractivity contribution in [1.82, 2.24) is 5.32 Å². The van der Waals surface area contributed by atoms with Crippen LogP contribution in [-0.2, 0) is 6.42 Å². The lowest BCUT2D eigenvalue weighted by atomic mass is 9.87. The molecule has 0 aromatic heterocycles. The number of hydrogen-bond acceptors (Lipinski definition) is 2. The maximum Gasteiger partial charge on any atom is 0.115 e. The van der Waals surface area contributed by atoms with Gasteiger partial charge in [0.1, 0.15) is 5.75 Å². The molecule has 0 spiro atoms. The van der Waals surface area contributed by atoms with Gasteiger partial charge in [0, 0.05) is 12.5 Å². The van der Waals surface area contributed by atoms with Gasteiger partial charge >= 0.3 is 0 Å². The Kier molecular flexibility index (Phi) is 4.06. The SMILES string of the molecule is C#CCCCNC1CCCc2cc(O)ccc21. The Balaban J connectivity index is 2.00. The molecule has 1 unspecified atom stereocenters. The molecule has 2 heteroatoms. The Morgan fingerprint density at radius 1 is 1.47 bits per heavy atom. The summed E-state index contributed by atoms with van der Waals surface area (Å²) in [6, 6.07) is 6.14. The summed E-state index contributed by atoms with van der Waals surface area (Å²) < 4.78 is 0. The van der Waals surface area contributed by atoms with E-state index in [1.807, 2.05) is 12.1 Å². The minimum atomic E-state index is 0.372. The van der Waals surface area contributed by atoms with Crippen molar-refractivity contribution in [3.05, 3.63) is 29.3 Å². The second-order valence-electron chi connectivity index (χ2n) is 4.59. The van der Waals surface area contributed by atoms with Crippen LogP contribution in [0.5, 0.6) is 5.75 Å². The minimum Gasteiger partial charge on any atom is -0.508 e. The van der Waals surface area contributed by atoms with Crippen LogP contribution in [0.15, 0.2) is 18.2 Å². The van der Waals surface area contributed by atoms with E-state index in [4.69, 9.17) is 6.42 Å². The first-order valence-corrected chi connectivity index (χ1v) is 6.30. The second kappa shape index (κ2) is 5.75. The maximum atomic E-state index is 9.48. The van der Waals surface area contributed by atoms with Crippen LogP contribution in [0.3, 0.4) is 0 Å². The lowest BCUT2D eigenvalue weighted by molar-refractivity contribution is 0.448. The van der Waals surface area contributed by atoms with Crippen molar-refractivity contribution in [3.63, 3.8) is 0 Å². The number of phenols is 1. The molecule has 1 aliphatic rings. The number of terminal acetylenes is 1. The number of unbranched alkanes of at least 4 members (excludes halogenated alkanes) is 1. The van der Waals surface area contributed by atoms with Crippen molar-refractivity contribution >= 4 is 0 Å². The quantitative estimate of drug-likeness (QED) is 0.614. The number of nitrogens with one attached hydrogen (secondary N) is 1. The smallest absolute Gasteiger partial charge is 0.115 e. The fourth-order valence-electron chi connectivity index (χ4n) is 2.48. The van der Waals surface area contributed by atoms with Gasteiger partial charge in [-0.3, -0.25) is 0 Å². The molecule has 2 N–H and O–H groups in total. The van der Waals surface area contributed by atoms with E-state index in [1.165, 1.54) is 24.0 Å². The van der Waals surface area contributed by atoms with Gasteiger partial charge in [-0.25, -0.2) is 0 Å². The highest BCUT2D eigenvalue weighted by Gasteiger charge is 2.19. The van der Waals surface area contributed by atoms with E-state index in [1.54, 1.807) is 6.07 Å². The fourth-order valence-corrected chi connectivity index (χ4v) is 2.48. The normalized spacial score (nSPS) is 18.4. The topological polar surface area (TPSA) is 32.3 Å². The van der Waals surface area contributed by atoms with Crippen LogP contribution in [0.1, 0.15) is 42.9 Å². The maximum absolute atomic E-state index is 9.48. The van der Waals surface area contributed by atoms with Crippen molar-refractivity contribution in [2.24, 2.45) is 0 Å². The van der Waals surface area contributed by atoms with E-state index in [9.17, 15) is 5.11 Å². The summed E-state index contributed by atoms with van der Waals surface area (Å²) in [6.45, 7) is 0.967. The van der Waals surface area contributed by atoms with Crippen LogP contribution in [0.25, 0.3) is 0 Å². The van der Waals surface area contributed by atoms with Gasteiger partial charge in [-0.1, -0.05) is 6.07 Å². The van der Waals surface area contributed by atoms with Crippen LogP contribution < -0.4 is 5.32 Å². The molecule has 2 rings (SSSR count). The molecule has 1 atom stereocenters. The molecular weight excluding hydrogens is 210 g/mol. The first-order chi connectivity index (χ1) is 8.31. The van der Waals surface area contributed by atoms with Crippen molar-refractivity contribution in [1.29, 1.82) is 0 Å².